The highest BCUT2D eigenvalue weighted by molar-refractivity contribution is 9.10. The van der Waals surface area contributed by atoms with Crippen molar-refractivity contribution in [2.75, 3.05) is 5.32 Å². The molecule has 6 heteroatoms. The number of nitrogens with one attached hydrogen (secondary N) is 1. The number of hydrogen-bond acceptors (Lipinski definition) is 3. The Morgan fingerprint density at radius 1 is 1.22 bits per heavy atom. The molecule has 0 amide bonds. The molecule has 1 heterocycles. The van der Waals surface area contributed by atoms with E-state index in [-0.39, 0.29) is 22.5 Å². The molecule has 0 aliphatic carbocycles. The molecule has 0 saturated carbocycles. The number of pyridine rings is 1. The fourth-order valence-electron chi connectivity index (χ4n) is 1.37. The number of aromatic nitrogens is 1. The van der Waals surface area contributed by atoms with Gasteiger partial charge in [-0.3, -0.25) is 4.98 Å². The third-order valence-corrected chi connectivity index (χ3v) is 2.89. The lowest BCUT2D eigenvalue weighted by atomic mass is 10.2. The monoisotopic (exact) mass is 314 g/mol. The fourth-order valence-corrected chi connectivity index (χ4v) is 1.71. The van der Waals surface area contributed by atoms with Crippen molar-refractivity contribution < 1.29 is 13.9 Å². The van der Waals surface area contributed by atoms with Crippen molar-refractivity contribution in [1.82, 2.24) is 4.98 Å². The van der Waals surface area contributed by atoms with Gasteiger partial charge in [0.1, 0.15) is 17.4 Å². The second-order valence-electron chi connectivity index (χ2n) is 3.61. The van der Waals surface area contributed by atoms with E-state index in [9.17, 15) is 8.78 Å². The summed E-state index contributed by atoms with van der Waals surface area (Å²) in [5.74, 6) is -1.26. The molecule has 0 aliphatic rings. The Bertz CT molecular complexity index is 561. The van der Waals surface area contributed by atoms with Gasteiger partial charge in [-0.25, -0.2) is 8.78 Å². The first-order valence-electron chi connectivity index (χ1n) is 5.08. The number of rotatable bonds is 3. The Balaban J connectivity index is 2.10. The number of benzene rings is 1. The predicted octanol–water partition coefficient (Wildman–Crippen LogP) is 3.44. The van der Waals surface area contributed by atoms with Crippen molar-refractivity contribution >= 4 is 21.6 Å². The van der Waals surface area contributed by atoms with Crippen LogP contribution >= 0.6 is 15.9 Å². The van der Waals surface area contributed by atoms with Crippen LogP contribution < -0.4 is 5.32 Å². The van der Waals surface area contributed by atoms with Crippen LogP contribution in [-0.2, 0) is 6.54 Å². The molecule has 2 aromatic rings. The minimum absolute atomic E-state index is 0.0643. The van der Waals surface area contributed by atoms with E-state index in [2.05, 4.69) is 26.2 Å². The molecule has 1 aromatic carbocycles. The van der Waals surface area contributed by atoms with E-state index in [1.54, 1.807) is 6.07 Å². The van der Waals surface area contributed by atoms with E-state index in [0.29, 0.717) is 5.69 Å². The molecular formula is C12H9BrF2N2O. The highest BCUT2D eigenvalue weighted by Gasteiger charge is 2.08. The highest BCUT2D eigenvalue weighted by Crippen LogP contribution is 2.24. The van der Waals surface area contributed by atoms with Crippen molar-refractivity contribution in [3.05, 3.63) is 52.3 Å². The third kappa shape index (κ3) is 2.95. The maximum absolute atomic E-state index is 13.4. The van der Waals surface area contributed by atoms with E-state index in [1.165, 1.54) is 18.3 Å². The molecule has 94 valence electrons. The molecule has 3 nitrogen and oxygen atoms in total. The SMILES string of the molecule is Oc1ccc(CNc2cc(Br)c(F)cc2F)nc1. The molecule has 18 heavy (non-hydrogen) atoms. The van der Waals surface area contributed by atoms with Crippen LogP contribution in [0.3, 0.4) is 0 Å². The van der Waals surface area contributed by atoms with Gasteiger partial charge in [0.05, 0.1) is 28.6 Å². The Morgan fingerprint density at radius 3 is 2.67 bits per heavy atom. The molecule has 0 atom stereocenters. The van der Waals surface area contributed by atoms with Gasteiger partial charge < -0.3 is 10.4 Å². The van der Waals surface area contributed by atoms with Crippen molar-refractivity contribution in [3.63, 3.8) is 0 Å². The topological polar surface area (TPSA) is 45.1 Å². The summed E-state index contributed by atoms with van der Waals surface area (Å²) in [5, 5.41) is 11.9. The summed E-state index contributed by atoms with van der Waals surface area (Å²) >= 11 is 2.99. The van der Waals surface area contributed by atoms with Crippen LogP contribution in [0.15, 0.2) is 34.9 Å². The zero-order valence-corrected chi connectivity index (χ0v) is 10.7. The molecule has 2 rings (SSSR count). The fraction of sp³-hybridized carbons (Fsp3) is 0.0833. The molecule has 0 unspecified atom stereocenters. The summed E-state index contributed by atoms with van der Waals surface area (Å²) in [5.41, 5.74) is 0.811. The summed E-state index contributed by atoms with van der Waals surface area (Å²) in [6, 6.07) is 5.22. The minimum atomic E-state index is -0.672. The van der Waals surface area contributed by atoms with Gasteiger partial charge in [-0.2, -0.15) is 0 Å². The van der Waals surface area contributed by atoms with Crippen LogP contribution in [0.4, 0.5) is 14.5 Å². The normalized spacial score (nSPS) is 10.4. The lowest BCUT2D eigenvalue weighted by molar-refractivity contribution is 0.472. The predicted molar refractivity (Wildman–Crippen MR) is 67.3 cm³/mol. The molecule has 0 aliphatic heterocycles. The van der Waals surface area contributed by atoms with Crippen molar-refractivity contribution in [2.45, 2.75) is 6.54 Å². The zero-order valence-electron chi connectivity index (χ0n) is 9.12. The average molecular weight is 315 g/mol. The first-order valence-corrected chi connectivity index (χ1v) is 5.88. The summed E-state index contributed by atoms with van der Waals surface area (Å²) in [6.45, 7) is 0.273. The molecule has 0 spiro atoms. The second kappa shape index (κ2) is 5.30. The Labute approximate surface area is 111 Å². The van der Waals surface area contributed by atoms with Crippen molar-refractivity contribution in [2.24, 2.45) is 0 Å². The molecule has 0 bridgehead atoms. The highest BCUT2D eigenvalue weighted by atomic mass is 79.9. The molecule has 1 aromatic heterocycles. The lowest BCUT2D eigenvalue weighted by Gasteiger charge is -2.08. The smallest absolute Gasteiger partial charge is 0.149 e. The standard InChI is InChI=1S/C12H9BrF2N2O/c13-9-3-12(11(15)4-10(9)14)17-5-7-1-2-8(18)6-16-7/h1-4,6,17-18H,5H2. The minimum Gasteiger partial charge on any atom is -0.506 e. The quantitative estimate of drug-likeness (QED) is 0.853. The van der Waals surface area contributed by atoms with Crippen LogP contribution in [0.1, 0.15) is 5.69 Å². The lowest BCUT2D eigenvalue weighted by Crippen LogP contribution is -2.03. The number of anilines is 1. The van der Waals surface area contributed by atoms with Crippen LogP contribution in [0, 0.1) is 11.6 Å². The van der Waals surface area contributed by atoms with Crippen molar-refractivity contribution in [1.29, 1.82) is 0 Å². The molecular weight excluding hydrogens is 306 g/mol. The summed E-state index contributed by atoms with van der Waals surface area (Å²) < 4.78 is 26.6. The van der Waals surface area contributed by atoms with Gasteiger partial charge in [0.25, 0.3) is 0 Å². The summed E-state index contributed by atoms with van der Waals surface area (Å²) in [6.07, 6.45) is 1.30. The number of aromatic hydroxyl groups is 1. The molecule has 0 fully saturated rings. The zero-order chi connectivity index (χ0) is 13.1. The van der Waals surface area contributed by atoms with E-state index < -0.39 is 11.6 Å². The Hall–Kier alpha value is -1.69. The molecule has 2 N–H and O–H groups in total. The van der Waals surface area contributed by atoms with Crippen LogP contribution in [0.5, 0.6) is 5.75 Å². The van der Waals surface area contributed by atoms with Gasteiger partial charge in [0, 0.05) is 6.07 Å². The van der Waals surface area contributed by atoms with Gasteiger partial charge in [-0.1, -0.05) is 0 Å². The van der Waals surface area contributed by atoms with Crippen molar-refractivity contribution in [3.8, 4) is 5.75 Å². The van der Waals surface area contributed by atoms with Gasteiger partial charge >= 0.3 is 0 Å². The van der Waals surface area contributed by atoms with Gasteiger partial charge in [-0.05, 0) is 34.1 Å². The largest absolute Gasteiger partial charge is 0.506 e. The average Bonchev–Trinajstić information content (AvgIpc) is 2.34. The first kappa shape index (κ1) is 12.8. The third-order valence-electron chi connectivity index (χ3n) is 2.28. The van der Waals surface area contributed by atoms with E-state index in [1.807, 2.05) is 0 Å². The first-order chi connectivity index (χ1) is 8.56. The number of nitrogens with zero attached hydrogens (tertiary/aromatic N) is 1. The van der Waals surface area contributed by atoms with Crippen LogP contribution in [-0.4, -0.2) is 10.1 Å². The summed E-state index contributed by atoms with van der Waals surface area (Å²) in [7, 11) is 0. The number of hydrogen-bond donors (Lipinski definition) is 2. The van der Waals surface area contributed by atoms with Gasteiger partial charge in [0.15, 0.2) is 0 Å². The van der Waals surface area contributed by atoms with Gasteiger partial charge in [0.2, 0.25) is 0 Å². The second-order valence-corrected chi connectivity index (χ2v) is 4.46. The molecule has 0 saturated heterocycles. The maximum Gasteiger partial charge on any atom is 0.149 e. The van der Waals surface area contributed by atoms with Crippen LogP contribution in [0.2, 0.25) is 0 Å². The Morgan fingerprint density at radius 2 is 2.00 bits per heavy atom. The van der Waals surface area contributed by atoms with E-state index in [0.717, 1.165) is 6.07 Å². The Kier molecular flexibility index (Phi) is 3.76. The van der Waals surface area contributed by atoms with Gasteiger partial charge in [-0.15, -0.1) is 0 Å². The van der Waals surface area contributed by atoms with E-state index >= 15 is 0 Å². The molecule has 0 radical (unpaired) electrons. The van der Waals surface area contributed by atoms with Crippen LogP contribution in [0.25, 0.3) is 0 Å². The summed E-state index contributed by atoms with van der Waals surface area (Å²) in [4.78, 5) is 3.94. The maximum atomic E-state index is 13.4. The number of halogens is 3. The van der Waals surface area contributed by atoms with E-state index in [4.69, 9.17) is 5.11 Å².